The fourth-order valence-corrected chi connectivity index (χ4v) is 3.09. The SMILES string of the molecule is CCN(CC)C(=O)CN(C)Cc1c(Cl)cccc1NC(=O)c1ccccc1. The molecule has 0 aliphatic carbocycles. The minimum Gasteiger partial charge on any atom is -0.342 e. The van der Waals surface area contributed by atoms with Crippen LogP contribution < -0.4 is 5.32 Å². The Morgan fingerprint density at radius 2 is 1.67 bits per heavy atom. The Bertz CT molecular complexity index is 776. The van der Waals surface area contributed by atoms with Gasteiger partial charge in [-0.05, 0) is 45.2 Å². The standard InChI is InChI=1S/C21H26ClN3O2/c1-4-25(5-2)20(26)15-24(3)14-17-18(22)12-9-13-19(17)23-21(27)16-10-7-6-8-11-16/h6-13H,4-5,14-15H2,1-3H3,(H,23,27). The average molecular weight is 388 g/mol. The molecule has 144 valence electrons. The molecule has 0 radical (unpaired) electrons. The van der Waals surface area contributed by atoms with E-state index < -0.39 is 0 Å². The van der Waals surface area contributed by atoms with Crippen molar-refractivity contribution in [3.05, 3.63) is 64.7 Å². The molecular formula is C21H26ClN3O2. The Kier molecular flexibility index (Phi) is 7.82. The van der Waals surface area contributed by atoms with Crippen molar-refractivity contribution in [3.63, 3.8) is 0 Å². The molecule has 0 saturated heterocycles. The third-order valence-electron chi connectivity index (χ3n) is 4.35. The number of nitrogens with zero attached hydrogens (tertiary/aromatic N) is 2. The number of anilines is 1. The molecule has 0 aliphatic rings. The molecule has 6 heteroatoms. The van der Waals surface area contributed by atoms with Gasteiger partial charge in [-0.2, -0.15) is 0 Å². The second-order valence-corrected chi connectivity index (χ2v) is 6.73. The van der Waals surface area contributed by atoms with E-state index in [-0.39, 0.29) is 11.8 Å². The Balaban J connectivity index is 2.13. The Morgan fingerprint density at radius 1 is 1.00 bits per heavy atom. The summed E-state index contributed by atoms with van der Waals surface area (Å²) in [4.78, 5) is 28.5. The van der Waals surface area contributed by atoms with Crippen molar-refractivity contribution in [2.24, 2.45) is 0 Å². The maximum absolute atomic E-state index is 12.5. The largest absolute Gasteiger partial charge is 0.342 e. The molecule has 0 bridgehead atoms. The summed E-state index contributed by atoms with van der Waals surface area (Å²) < 4.78 is 0. The van der Waals surface area contributed by atoms with Gasteiger partial charge in [-0.25, -0.2) is 0 Å². The highest BCUT2D eigenvalue weighted by Crippen LogP contribution is 2.26. The van der Waals surface area contributed by atoms with Crippen molar-refractivity contribution in [2.75, 3.05) is 32.0 Å². The molecule has 0 unspecified atom stereocenters. The molecule has 2 amide bonds. The average Bonchev–Trinajstić information content (AvgIpc) is 2.66. The first-order valence-electron chi connectivity index (χ1n) is 9.06. The van der Waals surface area contributed by atoms with Gasteiger partial charge in [-0.1, -0.05) is 35.9 Å². The molecule has 0 fully saturated rings. The van der Waals surface area contributed by atoms with Crippen molar-refractivity contribution in [1.29, 1.82) is 0 Å². The minimum absolute atomic E-state index is 0.0735. The van der Waals surface area contributed by atoms with Crippen LogP contribution in [0.15, 0.2) is 48.5 Å². The van der Waals surface area contributed by atoms with Crippen molar-refractivity contribution in [1.82, 2.24) is 9.80 Å². The van der Waals surface area contributed by atoms with Crippen LogP contribution in [0.5, 0.6) is 0 Å². The Labute approximate surface area is 165 Å². The number of halogens is 1. The van der Waals surface area contributed by atoms with E-state index >= 15 is 0 Å². The maximum Gasteiger partial charge on any atom is 0.255 e. The van der Waals surface area contributed by atoms with Gasteiger partial charge in [0.25, 0.3) is 5.91 Å². The topological polar surface area (TPSA) is 52.7 Å². The van der Waals surface area contributed by atoms with Gasteiger partial charge in [0.1, 0.15) is 0 Å². The first kappa shape index (κ1) is 20.9. The van der Waals surface area contributed by atoms with E-state index in [2.05, 4.69) is 5.32 Å². The number of benzene rings is 2. The second-order valence-electron chi connectivity index (χ2n) is 6.32. The highest BCUT2D eigenvalue weighted by molar-refractivity contribution is 6.31. The lowest BCUT2D eigenvalue weighted by molar-refractivity contribution is -0.131. The number of hydrogen-bond acceptors (Lipinski definition) is 3. The molecule has 0 aromatic heterocycles. The molecule has 2 aromatic carbocycles. The highest BCUT2D eigenvalue weighted by Gasteiger charge is 2.16. The smallest absolute Gasteiger partial charge is 0.255 e. The lowest BCUT2D eigenvalue weighted by Gasteiger charge is -2.24. The fraction of sp³-hybridized carbons (Fsp3) is 0.333. The van der Waals surface area contributed by atoms with Crippen LogP contribution in [0.1, 0.15) is 29.8 Å². The summed E-state index contributed by atoms with van der Waals surface area (Å²) in [5.74, 6) is -0.120. The molecule has 1 N–H and O–H groups in total. The van der Waals surface area contributed by atoms with Gasteiger partial charge in [0.2, 0.25) is 5.91 Å². The van der Waals surface area contributed by atoms with Crippen LogP contribution >= 0.6 is 11.6 Å². The van der Waals surface area contributed by atoms with E-state index in [9.17, 15) is 9.59 Å². The van der Waals surface area contributed by atoms with Crippen LogP contribution in [-0.2, 0) is 11.3 Å². The number of carbonyl (C=O) groups excluding carboxylic acids is 2. The summed E-state index contributed by atoms with van der Waals surface area (Å²) >= 11 is 6.38. The second kappa shape index (κ2) is 10.1. The van der Waals surface area contributed by atoms with Gasteiger partial charge in [0, 0.05) is 41.5 Å². The minimum atomic E-state index is -0.194. The van der Waals surface area contributed by atoms with E-state index in [1.54, 1.807) is 29.2 Å². The zero-order chi connectivity index (χ0) is 19.8. The lowest BCUT2D eigenvalue weighted by Crippen LogP contribution is -2.38. The first-order chi connectivity index (χ1) is 13.0. The van der Waals surface area contributed by atoms with Crippen molar-refractivity contribution in [3.8, 4) is 0 Å². The number of rotatable bonds is 8. The molecule has 0 aliphatic heterocycles. The molecule has 2 aromatic rings. The van der Waals surface area contributed by atoms with Crippen LogP contribution in [0.2, 0.25) is 5.02 Å². The summed E-state index contributed by atoms with van der Waals surface area (Å²) in [5, 5.41) is 3.48. The third kappa shape index (κ3) is 5.81. The molecule has 0 atom stereocenters. The van der Waals surface area contributed by atoms with Crippen molar-refractivity contribution >= 4 is 29.1 Å². The number of hydrogen-bond donors (Lipinski definition) is 1. The summed E-state index contributed by atoms with van der Waals surface area (Å²) in [7, 11) is 1.87. The zero-order valence-corrected chi connectivity index (χ0v) is 16.8. The molecule has 2 rings (SSSR count). The Morgan fingerprint density at radius 3 is 2.30 bits per heavy atom. The van der Waals surface area contributed by atoms with Crippen LogP contribution in [0, 0.1) is 0 Å². The summed E-state index contributed by atoms with van der Waals surface area (Å²) in [5.41, 5.74) is 2.02. The molecule has 27 heavy (non-hydrogen) atoms. The van der Waals surface area contributed by atoms with Gasteiger partial charge >= 0.3 is 0 Å². The van der Waals surface area contributed by atoms with Crippen LogP contribution in [0.25, 0.3) is 0 Å². The van der Waals surface area contributed by atoms with Crippen LogP contribution in [0.3, 0.4) is 0 Å². The highest BCUT2D eigenvalue weighted by atomic mass is 35.5. The Hall–Kier alpha value is -2.37. The van der Waals surface area contributed by atoms with E-state index in [1.165, 1.54) is 0 Å². The van der Waals surface area contributed by atoms with E-state index in [4.69, 9.17) is 11.6 Å². The van der Waals surface area contributed by atoms with Gasteiger partial charge in [-0.15, -0.1) is 0 Å². The fourth-order valence-electron chi connectivity index (χ4n) is 2.85. The third-order valence-corrected chi connectivity index (χ3v) is 4.71. The van der Waals surface area contributed by atoms with Gasteiger partial charge in [0.05, 0.1) is 6.54 Å². The van der Waals surface area contributed by atoms with Crippen LogP contribution in [0.4, 0.5) is 5.69 Å². The normalized spacial score (nSPS) is 10.7. The zero-order valence-electron chi connectivity index (χ0n) is 16.0. The van der Waals surface area contributed by atoms with E-state index in [1.807, 2.05) is 50.1 Å². The van der Waals surface area contributed by atoms with E-state index in [0.29, 0.717) is 42.5 Å². The molecule has 0 saturated carbocycles. The van der Waals surface area contributed by atoms with E-state index in [0.717, 1.165) is 5.56 Å². The number of likely N-dealkylation sites (N-methyl/N-ethyl adjacent to an activating group) is 2. The molecular weight excluding hydrogens is 362 g/mol. The summed E-state index contributed by atoms with van der Waals surface area (Å²) in [6.07, 6.45) is 0. The van der Waals surface area contributed by atoms with Gasteiger partial charge in [-0.3, -0.25) is 14.5 Å². The number of nitrogens with one attached hydrogen (secondary N) is 1. The monoisotopic (exact) mass is 387 g/mol. The quantitative estimate of drug-likeness (QED) is 0.747. The van der Waals surface area contributed by atoms with Crippen molar-refractivity contribution in [2.45, 2.75) is 20.4 Å². The molecule has 0 heterocycles. The summed E-state index contributed by atoms with van der Waals surface area (Å²) in [6, 6.07) is 14.4. The predicted molar refractivity (Wildman–Crippen MR) is 110 cm³/mol. The van der Waals surface area contributed by atoms with Crippen molar-refractivity contribution < 1.29 is 9.59 Å². The van der Waals surface area contributed by atoms with Crippen LogP contribution in [-0.4, -0.2) is 48.3 Å². The van der Waals surface area contributed by atoms with Gasteiger partial charge < -0.3 is 10.2 Å². The first-order valence-corrected chi connectivity index (χ1v) is 9.44. The van der Waals surface area contributed by atoms with Gasteiger partial charge in [0.15, 0.2) is 0 Å². The maximum atomic E-state index is 12.5. The number of carbonyl (C=O) groups is 2. The predicted octanol–water partition coefficient (Wildman–Crippen LogP) is 3.89. The molecule has 5 nitrogen and oxygen atoms in total. The number of amides is 2. The molecule has 0 spiro atoms. The lowest BCUT2D eigenvalue weighted by atomic mass is 10.1. The summed E-state index contributed by atoms with van der Waals surface area (Å²) in [6.45, 7) is 6.05.